The third-order valence-electron chi connectivity index (χ3n) is 4.14. The maximum absolute atomic E-state index is 12.4. The Hall–Kier alpha value is -1.68. The molecule has 1 aromatic carbocycles. The number of ether oxygens (including phenoxy) is 2. The van der Waals surface area contributed by atoms with Crippen LogP contribution in [0.3, 0.4) is 0 Å². The van der Waals surface area contributed by atoms with Crippen molar-refractivity contribution in [2.45, 2.75) is 27.2 Å². The van der Waals surface area contributed by atoms with E-state index in [1.807, 2.05) is 17.9 Å². The molecule has 2 unspecified atom stereocenters. The Kier molecular flexibility index (Phi) is 6.55. The molecule has 1 aliphatic heterocycles. The average molecular weight is 352 g/mol. The van der Waals surface area contributed by atoms with Crippen molar-refractivity contribution in [1.82, 2.24) is 4.90 Å². The number of nitrogens with zero attached hydrogens (tertiary/aromatic N) is 1. The van der Waals surface area contributed by atoms with E-state index in [0.29, 0.717) is 35.0 Å². The van der Waals surface area contributed by atoms with Crippen molar-refractivity contribution in [2.24, 2.45) is 11.8 Å². The van der Waals surface area contributed by atoms with E-state index >= 15 is 0 Å². The van der Waals surface area contributed by atoms with E-state index in [-0.39, 0.29) is 5.91 Å². The van der Waals surface area contributed by atoms with Gasteiger partial charge in [0.05, 0.1) is 18.7 Å². The minimum absolute atomic E-state index is 0.0392. The molecule has 0 aliphatic carbocycles. The first-order valence-electron chi connectivity index (χ1n) is 8.41. The lowest BCUT2D eigenvalue weighted by molar-refractivity contribution is -0.128. The molecule has 1 heterocycles. The first-order valence-corrected chi connectivity index (χ1v) is 8.79. The van der Waals surface area contributed by atoms with Crippen LogP contribution in [0.5, 0.6) is 11.5 Å². The lowest BCUT2D eigenvalue weighted by Gasteiger charge is -2.34. The minimum Gasteiger partial charge on any atom is -0.493 e. The molecule has 2 rings (SSSR count). The topological polar surface area (TPSA) is 38.8 Å². The predicted molar refractivity (Wildman–Crippen MR) is 97.7 cm³/mol. The van der Waals surface area contributed by atoms with Gasteiger partial charge in [-0.25, -0.2) is 0 Å². The largest absolute Gasteiger partial charge is 0.493 e. The third kappa shape index (κ3) is 4.67. The van der Waals surface area contributed by atoms with E-state index in [4.69, 9.17) is 21.1 Å². The van der Waals surface area contributed by atoms with Crippen molar-refractivity contribution in [2.75, 3.05) is 26.8 Å². The number of rotatable bonds is 5. The molecule has 0 spiro atoms. The molecule has 1 saturated heterocycles. The van der Waals surface area contributed by atoms with Gasteiger partial charge < -0.3 is 14.4 Å². The van der Waals surface area contributed by atoms with Crippen LogP contribution in [0.4, 0.5) is 0 Å². The van der Waals surface area contributed by atoms with Crippen LogP contribution in [0.15, 0.2) is 18.2 Å². The van der Waals surface area contributed by atoms with E-state index in [2.05, 4.69) is 13.8 Å². The molecule has 24 heavy (non-hydrogen) atoms. The fraction of sp³-hybridized carbons (Fsp3) is 0.526. The fourth-order valence-electron chi connectivity index (χ4n) is 3.24. The van der Waals surface area contributed by atoms with Crippen LogP contribution in [0.25, 0.3) is 6.08 Å². The Balaban J connectivity index is 2.13. The first-order chi connectivity index (χ1) is 11.4. The zero-order valence-corrected chi connectivity index (χ0v) is 15.6. The van der Waals surface area contributed by atoms with Crippen molar-refractivity contribution in [3.05, 3.63) is 28.8 Å². The van der Waals surface area contributed by atoms with Crippen LogP contribution in [0.1, 0.15) is 32.8 Å². The lowest BCUT2D eigenvalue weighted by Crippen LogP contribution is -2.41. The number of methoxy groups -OCH3 is 1. The van der Waals surface area contributed by atoms with Gasteiger partial charge in [-0.15, -0.1) is 0 Å². The summed E-state index contributed by atoms with van der Waals surface area (Å²) in [5.41, 5.74) is 0.812. The normalized spacial score (nSPS) is 21.1. The number of piperidine rings is 1. The molecule has 1 aromatic rings. The van der Waals surface area contributed by atoms with Gasteiger partial charge >= 0.3 is 0 Å². The van der Waals surface area contributed by atoms with Crippen LogP contribution < -0.4 is 9.47 Å². The highest BCUT2D eigenvalue weighted by molar-refractivity contribution is 6.32. The Bertz CT molecular complexity index is 605. The highest BCUT2D eigenvalue weighted by Gasteiger charge is 2.24. The van der Waals surface area contributed by atoms with Crippen molar-refractivity contribution in [1.29, 1.82) is 0 Å². The summed E-state index contributed by atoms with van der Waals surface area (Å²) >= 11 is 6.26. The standard InChI is InChI=1S/C19H26ClNO3/c1-5-24-19-16(20)9-15(10-17(19)23-4)6-7-18(22)21-11-13(2)8-14(3)12-21/h6-7,9-10,13-14H,5,8,11-12H2,1-4H3/b7-6+. The van der Waals surface area contributed by atoms with Crippen molar-refractivity contribution < 1.29 is 14.3 Å². The van der Waals surface area contributed by atoms with Gasteiger partial charge in [-0.2, -0.15) is 0 Å². The monoisotopic (exact) mass is 351 g/mol. The molecule has 1 amide bonds. The second-order valence-corrected chi connectivity index (χ2v) is 6.90. The summed E-state index contributed by atoms with van der Waals surface area (Å²) in [6.07, 6.45) is 4.56. The van der Waals surface area contributed by atoms with Crippen LogP contribution in [-0.4, -0.2) is 37.6 Å². The van der Waals surface area contributed by atoms with E-state index in [1.54, 1.807) is 25.3 Å². The first kappa shape index (κ1) is 18.7. The second-order valence-electron chi connectivity index (χ2n) is 6.49. The molecule has 5 heteroatoms. The zero-order chi connectivity index (χ0) is 17.7. The molecular weight excluding hydrogens is 326 g/mol. The zero-order valence-electron chi connectivity index (χ0n) is 14.8. The number of benzene rings is 1. The lowest BCUT2D eigenvalue weighted by atomic mass is 9.92. The van der Waals surface area contributed by atoms with E-state index in [9.17, 15) is 4.79 Å². The maximum Gasteiger partial charge on any atom is 0.246 e. The molecule has 4 nitrogen and oxygen atoms in total. The Morgan fingerprint density at radius 3 is 2.58 bits per heavy atom. The molecule has 0 saturated carbocycles. The van der Waals surface area contributed by atoms with Gasteiger partial charge in [0, 0.05) is 19.2 Å². The minimum atomic E-state index is 0.0392. The summed E-state index contributed by atoms with van der Waals surface area (Å²) in [5.74, 6) is 2.23. The van der Waals surface area contributed by atoms with E-state index in [1.165, 1.54) is 6.42 Å². The maximum atomic E-state index is 12.4. The molecular formula is C19H26ClNO3. The van der Waals surface area contributed by atoms with Crippen LogP contribution in [0, 0.1) is 11.8 Å². The van der Waals surface area contributed by atoms with Crippen molar-refractivity contribution in [3.63, 3.8) is 0 Å². The number of carbonyl (C=O) groups excluding carboxylic acids is 1. The van der Waals surface area contributed by atoms with Gasteiger partial charge in [-0.05, 0) is 49.0 Å². The fourth-order valence-corrected chi connectivity index (χ4v) is 3.51. The summed E-state index contributed by atoms with van der Waals surface area (Å²) in [5, 5.41) is 0.475. The molecule has 0 bridgehead atoms. The number of hydrogen-bond donors (Lipinski definition) is 0. The number of amides is 1. The molecule has 0 aromatic heterocycles. The van der Waals surface area contributed by atoms with Gasteiger partial charge in [0.1, 0.15) is 0 Å². The molecule has 1 fully saturated rings. The number of hydrogen-bond acceptors (Lipinski definition) is 3. The van der Waals surface area contributed by atoms with Gasteiger partial charge in [0.2, 0.25) is 5.91 Å². The van der Waals surface area contributed by atoms with E-state index in [0.717, 1.165) is 18.7 Å². The van der Waals surface area contributed by atoms with Crippen molar-refractivity contribution >= 4 is 23.6 Å². The second kappa shape index (κ2) is 8.43. The van der Waals surface area contributed by atoms with Crippen LogP contribution in [-0.2, 0) is 4.79 Å². The summed E-state index contributed by atoms with van der Waals surface area (Å²) in [7, 11) is 1.57. The van der Waals surface area contributed by atoms with E-state index < -0.39 is 0 Å². The van der Waals surface area contributed by atoms with Crippen LogP contribution in [0.2, 0.25) is 5.02 Å². The van der Waals surface area contributed by atoms with Gasteiger partial charge in [0.25, 0.3) is 0 Å². The van der Waals surface area contributed by atoms with Gasteiger partial charge in [0.15, 0.2) is 11.5 Å². The summed E-state index contributed by atoms with van der Waals surface area (Å²) in [6.45, 7) is 8.42. The highest BCUT2D eigenvalue weighted by Crippen LogP contribution is 2.36. The highest BCUT2D eigenvalue weighted by atomic mass is 35.5. The number of likely N-dealkylation sites (tertiary alicyclic amines) is 1. The molecule has 0 N–H and O–H groups in total. The van der Waals surface area contributed by atoms with Gasteiger partial charge in [-0.3, -0.25) is 4.79 Å². The molecule has 1 aliphatic rings. The number of carbonyl (C=O) groups is 1. The molecule has 0 radical (unpaired) electrons. The average Bonchev–Trinajstić information content (AvgIpc) is 2.53. The summed E-state index contributed by atoms with van der Waals surface area (Å²) in [6, 6.07) is 3.60. The number of halogens is 1. The summed E-state index contributed by atoms with van der Waals surface area (Å²) < 4.78 is 10.8. The Morgan fingerprint density at radius 1 is 1.33 bits per heavy atom. The van der Waals surface area contributed by atoms with Crippen LogP contribution >= 0.6 is 11.6 Å². The smallest absolute Gasteiger partial charge is 0.246 e. The Morgan fingerprint density at radius 2 is 2.00 bits per heavy atom. The predicted octanol–water partition coefficient (Wildman–Crippen LogP) is 4.27. The molecule has 2 atom stereocenters. The molecule has 132 valence electrons. The summed E-state index contributed by atoms with van der Waals surface area (Å²) in [4.78, 5) is 14.3. The quantitative estimate of drug-likeness (QED) is 0.744. The van der Waals surface area contributed by atoms with Gasteiger partial charge in [-0.1, -0.05) is 25.4 Å². The Labute approximate surface area is 149 Å². The third-order valence-corrected chi connectivity index (χ3v) is 4.42. The van der Waals surface area contributed by atoms with Crippen molar-refractivity contribution in [3.8, 4) is 11.5 Å². The SMILES string of the molecule is CCOc1c(Cl)cc(/C=C/C(=O)N2CC(C)CC(C)C2)cc1OC.